The Bertz CT molecular complexity index is 515. The average Bonchev–Trinajstić information content (AvgIpc) is 2.94. The van der Waals surface area contributed by atoms with Gasteiger partial charge in [-0.3, -0.25) is 9.36 Å². The summed E-state index contributed by atoms with van der Waals surface area (Å²) in [6.45, 7) is 0.297. The molecule has 1 heterocycles. The number of halogens is 1. The molecule has 4 unspecified atom stereocenters. The van der Waals surface area contributed by atoms with Gasteiger partial charge in [-0.05, 0) is 18.4 Å². The van der Waals surface area contributed by atoms with Crippen LogP contribution in [0.5, 0.6) is 0 Å². The Morgan fingerprint density at radius 3 is 2.55 bits per heavy atom. The number of carboxylic acid groups (broad SMARTS) is 1. The summed E-state index contributed by atoms with van der Waals surface area (Å²) in [6.07, 6.45) is 0.848. The lowest BCUT2D eigenvalue weighted by Gasteiger charge is -2.25. The molecular weight excluding hydrogens is 286 g/mol. The maximum Gasteiger partial charge on any atom is 0.314 e. The van der Waals surface area contributed by atoms with Crippen molar-refractivity contribution in [1.82, 2.24) is 0 Å². The highest BCUT2D eigenvalue weighted by atomic mass is 31.2. The first kappa shape index (κ1) is 15.2. The summed E-state index contributed by atoms with van der Waals surface area (Å²) in [5.74, 6) is -6.62. The molecule has 1 fully saturated rings. The van der Waals surface area contributed by atoms with Crippen molar-refractivity contribution in [2.75, 3.05) is 6.61 Å². The van der Waals surface area contributed by atoms with Crippen LogP contribution in [0.15, 0.2) is 30.3 Å². The summed E-state index contributed by atoms with van der Waals surface area (Å²) in [4.78, 5) is 21.2. The van der Waals surface area contributed by atoms with Crippen LogP contribution in [0, 0.1) is 0 Å². The standard InChI is InChI=1S/C13H16FO5P/c14-12(20(17,18)10-7-4-8-19-10)11(13(15)16)9-5-2-1-3-6-9/h1-3,5-6,10-12H,4,7-8H2,(H,15,16)(H,17,18). The molecule has 0 amide bonds. The van der Waals surface area contributed by atoms with Gasteiger partial charge in [0.05, 0.1) is 0 Å². The van der Waals surface area contributed by atoms with Gasteiger partial charge < -0.3 is 14.7 Å². The first-order valence-electron chi connectivity index (χ1n) is 6.30. The molecule has 7 heteroatoms. The summed E-state index contributed by atoms with van der Waals surface area (Å²) in [6, 6.07) is 7.65. The van der Waals surface area contributed by atoms with Crippen molar-refractivity contribution in [2.45, 2.75) is 30.5 Å². The summed E-state index contributed by atoms with van der Waals surface area (Å²) in [7, 11) is -4.38. The van der Waals surface area contributed by atoms with Crippen LogP contribution in [0.1, 0.15) is 24.3 Å². The van der Waals surface area contributed by atoms with Crippen molar-refractivity contribution in [3.63, 3.8) is 0 Å². The third-order valence-electron chi connectivity index (χ3n) is 3.37. The molecule has 1 aliphatic heterocycles. The molecule has 20 heavy (non-hydrogen) atoms. The molecule has 0 saturated carbocycles. The van der Waals surface area contributed by atoms with Gasteiger partial charge in [-0.25, -0.2) is 4.39 Å². The lowest BCUT2D eigenvalue weighted by molar-refractivity contribution is -0.139. The number of ether oxygens (including phenoxy) is 1. The normalized spacial score (nSPS) is 24.8. The van der Waals surface area contributed by atoms with Crippen molar-refractivity contribution in [2.24, 2.45) is 0 Å². The van der Waals surface area contributed by atoms with Crippen molar-refractivity contribution in [3.8, 4) is 0 Å². The summed E-state index contributed by atoms with van der Waals surface area (Å²) in [5, 5.41) is 9.19. The molecule has 0 spiro atoms. The van der Waals surface area contributed by atoms with E-state index in [1.54, 1.807) is 18.2 Å². The SMILES string of the molecule is O=C(O)C(c1ccccc1)C(F)P(=O)(O)C1CCCO1. The maximum absolute atomic E-state index is 14.5. The fraction of sp³-hybridized carbons (Fsp3) is 0.462. The quantitative estimate of drug-likeness (QED) is 0.817. The second-order valence-corrected chi connectivity index (χ2v) is 7.15. The average molecular weight is 302 g/mol. The summed E-state index contributed by atoms with van der Waals surface area (Å²) in [5.41, 5.74) is 0.166. The zero-order valence-corrected chi connectivity index (χ0v) is 11.6. The minimum Gasteiger partial charge on any atom is -0.481 e. The zero-order chi connectivity index (χ0) is 14.8. The Kier molecular flexibility index (Phi) is 4.58. The van der Waals surface area contributed by atoms with E-state index in [1.165, 1.54) is 12.1 Å². The van der Waals surface area contributed by atoms with Crippen LogP contribution in [0.2, 0.25) is 0 Å². The number of alkyl halides is 1. The van der Waals surface area contributed by atoms with Crippen LogP contribution in [0.3, 0.4) is 0 Å². The fourth-order valence-corrected chi connectivity index (χ4v) is 4.22. The molecule has 0 aromatic heterocycles. The number of benzene rings is 1. The molecule has 5 nitrogen and oxygen atoms in total. The predicted molar refractivity (Wildman–Crippen MR) is 70.5 cm³/mol. The highest BCUT2D eigenvalue weighted by Gasteiger charge is 2.48. The molecule has 1 aromatic carbocycles. The number of hydrogen-bond acceptors (Lipinski definition) is 3. The van der Waals surface area contributed by atoms with E-state index in [0.29, 0.717) is 13.0 Å². The van der Waals surface area contributed by atoms with Gasteiger partial charge >= 0.3 is 5.97 Å². The van der Waals surface area contributed by atoms with Gasteiger partial charge in [-0.15, -0.1) is 0 Å². The van der Waals surface area contributed by atoms with E-state index in [4.69, 9.17) is 4.74 Å². The Morgan fingerprint density at radius 2 is 2.05 bits per heavy atom. The van der Waals surface area contributed by atoms with Gasteiger partial charge in [0.1, 0.15) is 11.8 Å². The van der Waals surface area contributed by atoms with Gasteiger partial charge in [0.15, 0.2) is 5.91 Å². The highest BCUT2D eigenvalue weighted by molar-refractivity contribution is 7.59. The predicted octanol–water partition coefficient (Wildman–Crippen LogP) is 2.56. The number of aliphatic carboxylic acids is 1. The van der Waals surface area contributed by atoms with E-state index in [1.807, 2.05) is 0 Å². The molecule has 1 aliphatic rings. The minimum absolute atomic E-state index is 0.166. The van der Waals surface area contributed by atoms with Crippen LogP contribution in [0.4, 0.5) is 4.39 Å². The minimum atomic E-state index is -4.38. The second-order valence-electron chi connectivity index (χ2n) is 4.74. The van der Waals surface area contributed by atoms with E-state index in [0.717, 1.165) is 0 Å². The number of carboxylic acids is 1. The smallest absolute Gasteiger partial charge is 0.314 e. The Hall–Kier alpha value is -1.23. The van der Waals surface area contributed by atoms with Gasteiger partial charge in [-0.1, -0.05) is 30.3 Å². The van der Waals surface area contributed by atoms with Crippen LogP contribution in [-0.4, -0.2) is 34.3 Å². The molecular formula is C13H16FO5P. The third kappa shape index (κ3) is 2.92. The second kappa shape index (κ2) is 6.04. The van der Waals surface area contributed by atoms with Gasteiger partial charge in [0, 0.05) is 6.61 Å². The van der Waals surface area contributed by atoms with E-state index in [2.05, 4.69) is 0 Å². The number of hydrogen-bond donors (Lipinski definition) is 2. The fourth-order valence-electron chi connectivity index (χ4n) is 2.30. The van der Waals surface area contributed by atoms with Crippen molar-refractivity contribution in [3.05, 3.63) is 35.9 Å². The van der Waals surface area contributed by atoms with Gasteiger partial charge in [0.2, 0.25) is 0 Å². The molecule has 0 radical (unpaired) electrons. The Labute approximate surface area is 115 Å². The molecule has 1 saturated heterocycles. The molecule has 1 aromatic rings. The molecule has 110 valence electrons. The largest absolute Gasteiger partial charge is 0.481 e. The van der Waals surface area contributed by atoms with E-state index >= 15 is 0 Å². The van der Waals surface area contributed by atoms with E-state index < -0.39 is 31.0 Å². The van der Waals surface area contributed by atoms with E-state index in [9.17, 15) is 23.7 Å². The lowest BCUT2D eigenvalue weighted by Crippen LogP contribution is -2.26. The van der Waals surface area contributed by atoms with Crippen molar-refractivity contribution in [1.29, 1.82) is 0 Å². The van der Waals surface area contributed by atoms with Crippen LogP contribution in [-0.2, 0) is 14.1 Å². The van der Waals surface area contributed by atoms with Crippen molar-refractivity contribution < 1.29 is 28.5 Å². The number of rotatable bonds is 5. The Balaban J connectivity index is 2.30. The monoisotopic (exact) mass is 302 g/mol. The molecule has 2 rings (SSSR count). The molecule has 0 aliphatic carbocycles. The zero-order valence-electron chi connectivity index (χ0n) is 10.7. The Morgan fingerprint density at radius 1 is 1.40 bits per heavy atom. The lowest BCUT2D eigenvalue weighted by atomic mass is 10.0. The third-order valence-corrected chi connectivity index (χ3v) is 5.61. The molecule has 2 N–H and O–H groups in total. The molecule has 0 bridgehead atoms. The van der Waals surface area contributed by atoms with Crippen LogP contribution >= 0.6 is 7.37 Å². The first-order valence-corrected chi connectivity index (χ1v) is 8.10. The van der Waals surface area contributed by atoms with Crippen LogP contribution in [0.25, 0.3) is 0 Å². The van der Waals surface area contributed by atoms with Gasteiger partial charge in [-0.2, -0.15) is 0 Å². The summed E-state index contributed by atoms with van der Waals surface area (Å²) < 4.78 is 31.7. The summed E-state index contributed by atoms with van der Waals surface area (Å²) >= 11 is 0. The molecule has 4 atom stereocenters. The first-order chi connectivity index (χ1) is 9.44. The topological polar surface area (TPSA) is 83.8 Å². The number of carbonyl (C=O) groups is 1. The van der Waals surface area contributed by atoms with Crippen LogP contribution < -0.4 is 0 Å². The maximum atomic E-state index is 14.5. The van der Waals surface area contributed by atoms with Crippen molar-refractivity contribution >= 4 is 13.3 Å². The van der Waals surface area contributed by atoms with E-state index in [-0.39, 0.29) is 12.0 Å². The highest BCUT2D eigenvalue weighted by Crippen LogP contribution is 2.59. The van der Waals surface area contributed by atoms with Gasteiger partial charge in [0.25, 0.3) is 7.37 Å².